The topological polar surface area (TPSA) is 21.6 Å². The van der Waals surface area contributed by atoms with Crippen molar-refractivity contribution in [3.63, 3.8) is 0 Å². The summed E-state index contributed by atoms with van der Waals surface area (Å²) in [5.74, 6) is -1.51. The van der Waals surface area contributed by atoms with Crippen LogP contribution in [0.2, 0.25) is 0 Å². The molecule has 2 nitrogen and oxygen atoms in total. The quantitative estimate of drug-likeness (QED) is 0.333. The van der Waals surface area contributed by atoms with Crippen molar-refractivity contribution in [1.82, 2.24) is 0 Å². The first-order valence-electron chi connectivity index (χ1n) is 10.6. The van der Waals surface area contributed by atoms with Gasteiger partial charge >= 0.3 is 0 Å². The van der Waals surface area contributed by atoms with Crippen LogP contribution in [0.25, 0.3) is 0 Å². The number of rotatable bonds is 4. The number of aryl methyl sites for hydroxylation is 1. The fourth-order valence-corrected chi connectivity index (χ4v) is 4.26. The number of para-hydroxylation sites is 1. The first kappa shape index (κ1) is 21.0. The van der Waals surface area contributed by atoms with Crippen LogP contribution in [0.5, 0.6) is 0 Å². The lowest BCUT2D eigenvalue weighted by Gasteiger charge is -2.30. The maximum absolute atomic E-state index is 15.2. The molecule has 1 unspecified atom stereocenters. The van der Waals surface area contributed by atoms with Crippen molar-refractivity contribution in [3.05, 3.63) is 136 Å². The molecule has 4 aromatic rings. The SMILES string of the molecule is Cc1ccc(C2(Cc3ccccc3F)OC(=Nc3ccccc3F)c3c(F)cccc32)cc1. The minimum absolute atomic E-state index is 0.0345. The van der Waals surface area contributed by atoms with E-state index in [0.29, 0.717) is 11.1 Å². The molecule has 5 rings (SSSR count). The molecule has 0 saturated carbocycles. The molecular formula is C28H20F3NO. The van der Waals surface area contributed by atoms with Crippen LogP contribution >= 0.6 is 0 Å². The Bertz CT molecular complexity index is 1360. The third kappa shape index (κ3) is 3.69. The lowest BCUT2D eigenvalue weighted by atomic mass is 9.80. The van der Waals surface area contributed by atoms with E-state index in [-0.39, 0.29) is 29.4 Å². The van der Waals surface area contributed by atoms with Crippen LogP contribution in [-0.2, 0) is 16.8 Å². The van der Waals surface area contributed by atoms with E-state index >= 15 is 4.39 Å². The molecule has 0 fully saturated rings. The summed E-state index contributed by atoms with van der Waals surface area (Å²) in [5, 5.41) is 0. The van der Waals surface area contributed by atoms with Crippen molar-refractivity contribution >= 4 is 11.6 Å². The molecule has 164 valence electrons. The molecule has 0 N–H and O–H groups in total. The summed E-state index contributed by atoms with van der Waals surface area (Å²) in [6, 6.07) is 24.7. The molecule has 1 heterocycles. The van der Waals surface area contributed by atoms with Crippen molar-refractivity contribution in [1.29, 1.82) is 0 Å². The average molecular weight is 443 g/mol. The number of ether oxygens (including phenoxy) is 1. The van der Waals surface area contributed by atoms with Crippen LogP contribution in [-0.4, -0.2) is 5.90 Å². The van der Waals surface area contributed by atoms with Gasteiger partial charge < -0.3 is 4.74 Å². The van der Waals surface area contributed by atoms with Crippen molar-refractivity contribution < 1.29 is 17.9 Å². The van der Waals surface area contributed by atoms with Crippen molar-refractivity contribution in [2.75, 3.05) is 0 Å². The van der Waals surface area contributed by atoms with Crippen LogP contribution in [0, 0.1) is 24.4 Å². The largest absolute Gasteiger partial charge is 0.460 e. The molecule has 4 aromatic carbocycles. The van der Waals surface area contributed by atoms with Gasteiger partial charge in [0.1, 0.15) is 23.1 Å². The normalized spacial score (nSPS) is 18.2. The Morgan fingerprint density at radius 1 is 0.727 bits per heavy atom. The second kappa shape index (κ2) is 8.24. The molecule has 0 aromatic heterocycles. The third-order valence-electron chi connectivity index (χ3n) is 5.92. The fraction of sp³-hybridized carbons (Fsp3) is 0.107. The van der Waals surface area contributed by atoms with Crippen molar-refractivity contribution in [3.8, 4) is 0 Å². The predicted molar refractivity (Wildman–Crippen MR) is 122 cm³/mol. The third-order valence-corrected chi connectivity index (χ3v) is 5.92. The molecule has 0 radical (unpaired) electrons. The molecular weight excluding hydrogens is 423 g/mol. The van der Waals surface area contributed by atoms with E-state index in [2.05, 4.69) is 4.99 Å². The Kier molecular flexibility index (Phi) is 5.25. The van der Waals surface area contributed by atoms with Crippen LogP contribution in [0.4, 0.5) is 18.9 Å². The summed E-state index contributed by atoms with van der Waals surface area (Å²) in [5.41, 5.74) is 1.65. The van der Waals surface area contributed by atoms with Gasteiger partial charge in [0, 0.05) is 17.5 Å². The van der Waals surface area contributed by atoms with E-state index in [9.17, 15) is 8.78 Å². The Balaban J connectivity index is 1.76. The van der Waals surface area contributed by atoms with Gasteiger partial charge in [-0.3, -0.25) is 0 Å². The number of nitrogens with zero attached hydrogens (tertiary/aromatic N) is 1. The summed E-state index contributed by atoms with van der Waals surface area (Å²) < 4.78 is 50.7. The van der Waals surface area contributed by atoms with Gasteiger partial charge in [0.2, 0.25) is 5.90 Å². The van der Waals surface area contributed by atoms with Crippen LogP contribution < -0.4 is 0 Å². The highest BCUT2D eigenvalue weighted by molar-refractivity contribution is 6.01. The van der Waals surface area contributed by atoms with E-state index < -0.39 is 17.2 Å². The maximum Gasteiger partial charge on any atom is 0.226 e. The molecule has 0 spiro atoms. The van der Waals surface area contributed by atoms with Gasteiger partial charge in [-0.2, -0.15) is 0 Å². The summed E-state index contributed by atoms with van der Waals surface area (Å²) in [7, 11) is 0. The van der Waals surface area contributed by atoms with Crippen LogP contribution in [0.15, 0.2) is 96.0 Å². The zero-order valence-electron chi connectivity index (χ0n) is 17.9. The molecule has 0 amide bonds. The molecule has 1 aliphatic rings. The number of benzene rings is 4. The van der Waals surface area contributed by atoms with Crippen molar-refractivity contribution in [2.24, 2.45) is 4.99 Å². The number of hydrogen-bond donors (Lipinski definition) is 0. The Hall–Kier alpha value is -3.86. The second-order valence-corrected chi connectivity index (χ2v) is 8.09. The van der Waals surface area contributed by atoms with Gasteiger partial charge in [-0.05, 0) is 36.8 Å². The Morgan fingerprint density at radius 2 is 1.39 bits per heavy atom. The number of hydrogen-bond acceptors (Lipinski definition) is 2. The summed E-state index contributed by atoms with van der Waals surface area (Å²) in [6.07, 6.45) is 0.107. The highest BCUT2D eigenvalue weighted by Crippen LogP contribution is 2.46. The second-order valence-electron chi connectivity index (χ2n) is 8.09. The lowest BCUT2D eigenvalue weighted by Crippen LogP contribution is -2.31. The number of halogens is 3. The van der Waals surface area contributed by atoms with E-state index in [1.165, 1.54) is 24.3 Å². The highest BCUT2D eigenvalue weighted by Gasteiger charge is 2.47. The van der Waals surface area contributed by atoms with Gasteiger partial charge in [-0.15, -0.1) is 0 Å². The van der Waals surface area contributed by atoms with E-state index in [4.69, 9.17) is 4.74 Å². The van der Waals surface area contributed by atoms with Crippen LogP contribution in [0.1, 0.15) is 27.8 Å². The van der Waals surface area contributed by atoms with E-state index in [0.717, 1.165) is 11.1 Å². The zero-order chi connectivity index (χ0) is 23.0. The molecule has 1 aliphatic heterocycles. The molecule has 5 heteroatoms. The van der Waals surface area contributed by atoms with Gasteiger partial charge in [0.05, 0.1) is 5.56 Å². The smallest absolute Gasteiger partial charge is 0.226 e. The minimum Gasteiger partial charge on any atom is -0.460 e. The average Bonchev–Trinajstić information content (AvgIpc) is 3.13. The highest BCUT2D eigenvalue weighted by atomic mass is 19.1. The van der Waals surface area contributed by atoms with E-state index in [1.807, 2.05) is 31.2 Å². The lowest BCUT2D eigenvalue weighted by molar-refractivity contribution is 0.112. The maximum atomic E-state index is 15.2. The molecule has 0 saturated heterocycles. The molecule has 33 heavy (non-hydrogen) atoms. The summed E-state index contributed by atoms with van der Waals surface area (Å²) in [4.78, 5) is 4.35. The van der Waals surface area contributed by atoms with Crippen molar-refractivity contribution in [2.45, 2.75) is 18.9 Å². The Labute approximate surface area is 190 Å². The number of fused-ring (bicyclic) bond motifs is 1. The molecule has 1 atom stereocenters. The fourth-order valence-electron chi connectivity index (χ4n) is 4.26. The van der Waals surface area contributed by atoms with Gasteiger partial charge in [-0.25, -0.2) is 18.2 Å². The number of aliphatic imine (C=N–C) groups is 1. The monoisotopic (exact) mass is 443 g/mol. The Morgan fingerprint density at radius 3 is 2.12 bits per heavy atom. The predicted octanol–water partition coefficient (Wildman–Crippen LogP) is 7.01. The summed E-state index contributed by atoms with van der Waals surface area (Å²) >= 11 is 0. The van der Waals surface area contributed by atoms with Gasteiger partial charge in [-0.1, -0.05) is 72.3 Å². The minimum atomic E-state index is -1.24. The van der Waals surface area contributed by atoms with Crippen LogP contribution in [0.3, 0.4) is 0 Å². The standard InChI is InChI=1S/C28H20F3NO/c1-18-13-15-20(16-14-18)28(17-19-7-2-3-9-22(19)29)21-8-6-11-24(31)26(21)27(33-28)32-25-12-5-4-10-23(25)30/h2-16H,17H2,1H3. The molecule has 0 bridgehead atoms. The zero-order valence-corrected chi connectivity index (χ0v) is 17.9. The first-order valence-corrected chi connectivity index (χ1v) is 10.6. The molecule has 0 aliphatic carbocycles. The van der Waals surface area contributed by atoms with Gasteiger partial charge in [0.25, 0.3) is 0 Å². The van der Waals surface area contributed by atoms with Gasteiger partial charge in [0.15, 0.2) is 5.60 Å². The first-order chi connectivity index (χ1) is 16.0. The van der Waals surface area contributed by atoms with E-state index in [1.54, 1.807) is 42.5 Å². The summed E-state index contributed by atoms with van der Waals surface area (Å²) in [6.45, 7) is 1.96.